The molecule has 2 heterocycles. The molecule has 116 valence electrons. The molecule has 0 aliphatic carbocycles. The van der Waals surface area contributed by atoms with Gasteiger partial charge in [-0.25, -0.2) is 4.68 Å². The van der Waals surface area contributed by atoms with Crippen LogP contribution in [0.3, 0.4) is 0 Å². The van der Waals surface area contributed by atoms with Crippen molar-refractivity contribution in [3.05, 3.63) is 11.9 Å². The molecule has 0 aromatic carbocycles. The first-order valence-corrected chi connectivity index (χ1v) is 7.20. The lowest BCUT2D eigenvalue weighted by Crippen LogP contribution is -2.53. The van der Waals surface area contributed by atoms with Crippen molar-refractivity contribution in [3.63, 3.8) is 0 Å². The normalized spacial score (nSPS) is 21.4. The number of hydrogen-bond acceptors (Lipinski definition) is 5. The second kappa shape index (κ2) is 6.66. The van der Waals surface area contributed by atoms with Crippen LogP contribution >= 0.6 is 0 Å². The van der Waals surface area contributed by atoms with Crippen molar-refractivity contribution in [1.29, 1.82) is 0 Å². The predicted molar refractivity (Wildman–Crippen MR) is 74.4 cm³/mol. The van der Waals surface area contributed by atoms with Gasteiger partial charge in [0.25, 0.3) is 0 Å². The van der Waals surface area contributed by atoms with Crippen LogP contribution in [-0.4, -0.2) is 44.1 Å². The molecule has 1 unspecified atom stereocenters. The van der Waals surface area contributed by atoms with E-state index in [-0.39, 0.29) is 19.0 Å². The van der Waals surface area contributed by atoms with E-state index in [2.05, 4.69) is 27.9 Å². The summed E-state index contributed by atoms with van der Waals surface area (Å²) in [6.07, 6.45) is 5.13. The van der Waals surface area contributed by atoms with E-state index in [1.54, 1.807) is 0 Å². The number of nitrogens with zero attached hydrogens (tertiary/aromatic N) is 3. The van der Waals surface area contributed by atoms with Gasteiger partial charge in [0.1, 0.15) is 12.2 Å². The van der Waals surface area contributed by atoms with Crippen molar-refractivity contribution in [3.8, 4) is 0 Å². The summed E-state index contributed by atoms with van der Waals surface area (Å²) in [5.74, 6) is -0.998. The Balaban J connectivity index is 1.91. The Hall–Kier alpha value is -1.96. The van der Waals surface area contributed by atoms with Gasteiger partial charge < -0.3 is 15.7 Å². The van der Waals surface area contributed by atoms with Crippen molar-refractivity contribution in [2.45, 2.75) is 51.2 Å². The van der Waals surface area contributed by atoms with Crippen LogP contribution in [0.15, 0.2) is 6.20 Å². The topological polar surface area (TPSA) is 109 Å². The highest BCUT2D eigenvalue weighted by Gasteiger charge is 2.39. The summed E-state index contributed by atoms with van der Waals surface area (Å²) in [4.78, 5) is 23.0. The number of aromatic nitrogens is 3. The second-order valence-corrected chi connectivity index (χ2v) is 5.35. The summed E-state index contributed by atoms with van der Waals surface area (Å²) in [5.41, 5.74) is 0.0838. The Morgan fingerprint density at radius 1 is 1.57 bits per heavy atom. The number of carbonyl (C=O) groups excluding carboxylic acids is 1. The predicted octanol–water partition coefficient (Wildman–Crippen LogP) is -0.0988. The van der Waals surface area contributed by atoms with Gasteiger partial charge in [-0.2, -0.15) is 0 Å². The van der Waals surface area contributed by atoms with E-state index in [0.29, 0.717) is 5.69 Å². The molecule has 0 bridgehead atoms. The van der Waals surface area contributed by atoms with Crippen LogP contribution < -0.4 is 10.6 Å². The molecule has 1 aromatic rings. The van der Waals surface area contributed by atoms with E-state index >= 15 is 0 Å². The largest absolute Gasteiger partial charge is 0.480 e. The zero-order valence-electron chi connectivity index (χ0n) is 12.1. The van der Waals surface area contributed by atoms with E-state index < -0.39 is 11.5 Å². The average Bonchev–Trinajstić information content (AvgIpc) is 3.06. The van der Waals surface area contributed by atoms with Crippen LogP contribution in [0.1, 0.15) is 38.3 Å². The molecular weight excluding hydrogens is 274 g/mol. The fraction of sp³-hybridized carbons (Fsp3) is 0.692. The second-order valence-electron chi connectivity index (χ2n) is 5.35. The van der Waals surface area contributed by atoms with Crippen molar-refractivity contribution < 1.29 is 14.7 Å². The highest BCUT2D eigenvalue weighted by molar-refractivity contribution is 5.86. The maximum atomic E-state index is 12.4. The third-order valence-corrected chi connectivity index (χ3v) is 3.67. The highest BCUT2D eigenvalue weighted by atomic mass is 16.4. The molecule has 1 fully saturated rings. The lowest BCUT2D eigenvalue weighted by atomic mass is 9.91. The van der Waals surface area contributed by atoms with E-state index in [0.717, 1.165) is 32.2 Å². The first-order chi connectivity index (χ1) is 10.1. The number of carboxylic acids is 1. The molecule has 3 N–H and O–H groups in total. The molecule has 0 radical (unpaired) electrons. The smallest absolute Gasteiger partial charge is 0.325 e. The van der Waals surface area contributed by atoms with Crippen molar-refractivity contribution in [2.75, 3.05) is 6.54 Å². The van der Waals surface area contributed by atoms with Crippen LogP contribution in [0.2, 0.25) is 0 Å². The Labute approximate surface area is 122 Å². The minimum absolute atomic E-state index is 0.0189. The van der Waals surface area contributed by atoms with Gasteiger partial charge in [-0.3, -0.25) is 9.59 Å². The van der Waals surface area contributed by atoms with Gasteiger partial charge in [0.2, 0.25) is 5.91 Å². The van der Waals surface area contributed by atoms with Gasteiger partial charge in [0, 0.05) is 0 Å². The van der Waals surface area contributed by atoms with Crippen LogP contribution in [-0.2, 0) is 22.7 Å². The first kappa shape index (κ1) is 15.4. The van der Waals surface area contributed by atoms with E-state index in [1.165, 1.54) is 10.9 Å². The maximum absolute atomic E-state index is 12.4. The summed E-state index contributed by atoms with van der Waals surface area (Å²) in [6.45, 7) is 2.95. The molecule has 0 saturated carbocycles. The Bertz CT molecular complexity index is 508. The van der Waals surface area contributed by atoms with Gasteiger partial charge in [0.05, 0.1) is 18.3 Å². The number of hydrogen-bond donors (Lipinski definition) is 3. The highest BCUT2D eigenvalue weighted by Crippen LogP contribution is 2.24. The zero-order valence-corrected chi connectivity index (χ0v) is 12.1. The number of carbonyl (C=O) groups is 2. The molecule has 1 amide bonds. The van der Waals surface area contributed by atoms with Crippen LogP contribution in [0.5, 0.6) is 0 Å². The molecule has 1 atom stereocenters. The Morgan fingerprint density at radius 2 is 2.38 bits per heavy atom. The summed E-state index contributed by atoms with van der Waals surface area (Å²) in [7, 11) is 0. The molecule has 0 spiro atoms. The van der Waals surface area contributed by atoms with Crippen molar-refractivity contribution in [1.82, 2.24) is 25.6 Å². The van der Waals surface area contributed by atoms with Gasteiger partial charge in [-0.05, 0) is 25.8 Å². The van der Waals surface area contributed by atoms with Crippen molar-refractivity contribution in [2.24, 2.45) is 0 Å². The molecule has 1 saturated heterocycles. The van der Waals surface area contributed by atoms with Crippen molar-refractivity contribution >= 4 is 11.9 Å². The number of aliphatic carboxylic acids is 1. The summed E-state index contributed by atoms with van der Waals surface area (Å²) in [6, 6.07) is 0. The SMILES string of the molecule is CCCC1(C(=O)NCc2cn(CC(=O)O)nn2)CCCN1. The molecule has 8 heteroatoms. The molecule has 8 nitrogen and oxygen atoms in total. The third kappa shape index (κ3) is 3.78. The average molecular weight is 295 g/mol. The number of nitrogens with one attached hydrogen (secondary N) is 2. The van der Waals surface area contributed by atoms with E-state index in [1.807, 2.05) is 0 Å². The Kier molecular flexibility index (Phi) is 4.89. The summed E-state index contributed by atoms with van der Waals surface area (Å²) < 4.78 is 1.24. The van der Waals surface area contributed by atoms with E-state index in [4.69, 9.17) is 5.11 Å². The molecular formula is C13H21N5O3. The summed E-state index contributed by atoms with van der Waals surface area (Å²) >= 11 is 0. The van der Waals surface area contributed by atoms with Gasteiger partial charge >= 0.3 is 5.97 Å². The van der Waals surface area contributed by atoms with E-state index in [9.17, 15) is 9.59 Å². The minimum atomic E-state index is -0.979. The van der Waals surface area contributed by atoms with Gasteiger partial charge in [-0.15, -0.1) is 5.10 Å². The fourth-order valence-corrected chi connectivity index (χ4v) is 2.73. The molecule has 21 heavy (non-hydrogen) atoms. The maximum Gasteiger partial charge on any atom is 0.325 e. The molecule has 2 rings (SSSR count). The fourth-order valence-electron chi connectivity index (χ4n) is 2.73. The summed E-state index contributed by atoms with van der Waals surface area (Å²) in [5, 5.41) is 22.4. The van der Waals surface area contributed by atoms with Crippen LogP contribution in [0, 0.1) is 0 Å². The lowest BCUT2D eigenvalue weighted by molar-refractivity contribution is -0.138. The Morgan fingerprint density at radius 3 is 3.00 bits per heavy atom. The number of amides is 1. The quantitative estimate of drug-likeness (QED) is 0.648. The monoisotopic (exact) mass is 295 g/mol. The molecule has 1 aromatic heterocycles. The number of carboxylic acid groups (broad SMARTS) is 1. The third-order valence-electron chi connectivity index (χ3n) is 3.67. The van der Waals surface area contributed by atoms with Crippen LogP contribution in [0.25, 0.3) is 0 Å². The molecule has 1 aliphatic heterocycles. The molecule has 1 aliphatic rings. The zero-order chi connectivity index (χ0) is 15.3. The standard InChI is InChI=1S/C13H21N5O3/c1-2-4-13(5-3-6-15-13)12(21)14-7-10-8-18(17-16-10)9-11(19)20/h8,15H,2-7,9H2,1H3,(H,14,21)(H,19,20). The number of rotatable bonds is 7. The first-order valence-electron chi connectivity index (χ1n) is 7.20. The van der Waals surface area contributed by atoms with Gasteiger partial charge in [-0.1, -0.05) is 18.6 Å². The minimum Gasteiger partial charge on any atom is -0.480 e. The lowest BCUT2D eigenvalue weighted by Gasteiger charge is -2.27. The van der Waals surface area contributed by atoms with Crippen LogP contribution in [0.4, 0.5) is 0 Å². The van der Waals surface area contributed by atoms with Gasteiger partial charge in [0.15, 0.2) is 0 Å².